The van der Waals surface area contributed by atoms with Gasteiger partial charge in [0.1, 0.15) is 0 Å². The Morgan fingerprint density at radius 2 is 1.83 bits per heavy atom. The first kappa shape index (κ1) is 20.3. The van der Waals surface area contributed by atoms with E-state index in [2.05, 4.69) is 18.7 Å². The second kappa shape index (κ2) is 8.03. The lowest BCUT2D eigenvalue weighted by molar-refractivity contribution is -0.113. The molecule has 0 amide bonds. The minimum atomic E-state index is -0.142. The van der Waals surface area contributed by atoms with Crippen molar-refractivity contribution in [1.82, 2.24) is 19.2 Å². The van der Waals surface area contributed by atoms with Crippen molar-refractivity contribution >= 4 is 23.8 Å². The van der Waals surface area contributed by atoms with E-state index in [1.54, 1.807) is 0 Å². The molecule has 152 valence electrons. The molecule has 0 aliphatic carbocycles. The predicted molar refractivity (Wildman–Crippen MR) is 118 cm³/mol. The molecule has 0 radical (unpaired) electrons. The third-order valence-corrected chi connectivity index (χ3v) is 6.34. The van der Waals surface area contributed by atoms with E-state index < -0.39 is 0 Å². The lowest BCUT2D eigenvalue weighted by Crippen LogP contribution is -2.54. The van der Waals surface area contributed by atoms with Crippen LogP contribution in [0, 0.1) is 4.77 Å². The second-order valence-corrected chi connectivity index (χ2v) is 8.80. The van der Waals surface area contributed by atoms with Crippen LogP contribution in [0.25, 0.3) is 11.4 Å². The minimum Gasteiger partial charge on any atom is -0.370 e. The van der Waals surface area contributed by atoms with Gasteiger partial charge >= 0.3 is 0 Å². The number of morpholine rings is 1. The number of aromatic nitrogens is 3. The fourth-order valence-electron chi connectivity index (χ4n) is 3.65. The van der Waals surface area contributed by atoms with Crippen LogP contribution >= 0.6 is 23.8 Å². The lowest BCUT2D eigenvalue weighted by atomic mass is 9.99. The van der Waals surface area contributed by atoms with Crippen LogP contribution in [-0.4, -0.2) is 37.9 Å². The van der Waals surface area contributed by atoms with Gasteiger partial charge in [-0.25, -0.2) is 4.68 Å². The average molecular weight is 429 g/mol. The van der Waals surface area contributed by atoms with Crippen molar-refractivity contribution in [2.24, 2.45) is 7.05 Å². The van der Waals surface area contributed by atoms with E-state index in [1.807, 2.05) is 70.9 Å². The van der Waals surface area contributed by atoms with Crippen molar-refractivity contribution in [3.8, 4) is 11.4 Å². The predicted octanol–water partition coefficient (Wildman–Crippen LogP) is 5.08. The highest BCUT2D eigenvalue weighted by Gasteiger charge is 2.36. The molecule has 1 aliphatic rings. The Hall–Kier alpha value is -1.99. The smallest absolute Gasteiger partial charge is 0.199 e. The summed E-state index contributed by atoms with van der Waals surface area (Å²) < 4.78 is 10.7. The fraction of sp³-hybridized carbons (Fsp3) is 0.364. The maximum absolute atomic E-state index is 6.42. The summed E-state index contributed by atoms with van der Waals surface area (Å²) in [5, 5.41) is 5.56. The molecule has 3 aromatic rings. The van der Waals surface area contributed by atoms with Gasteiger partial charge in [0.05, 0.1) is 19.4 Å². The first-order valence-electron chi connectivity index (χ1n) is 9.67. The Bertz CT molecular complexity index is 1060. The molecule has 1 aromatic heterocycles. The molecule has 5 nitrogen and oxygen atoms in total. The Labute approximate surface area is 181 Å². The first-order chi connectivity index (χ1) is 13.9. The van der Waals surface area contributed by atoms with E-state index in [0.717, 1.165) is 28.5 Å². The molecule has 1 atom stereocenters. The Kier molecular flexibility index (Phi) is 5.62. The summed E-state index contributed by atoms with van der Waals surface area (Å²) in [7, 11) is 1.96. The van der Waals surface area contributed by atoms with Gasteiger partial charge in [-0.1, -0.05) is 60.1 Å². The van der Waals surface area contributed by atoms with Crippen molar-refractivity contribution in [3.63, 3.8) is 0 Å². The van der Waals surface area contributed by atoms with Crippen LogP contribution in [0.15, 0.2) is 54.6 Å². The third-order valence-electron chi connectivity index (χ3n) is 5.51. The van der Waals surface area contributed by atoms with Crippen molar-refractivity contribution in [3.05, 3.63) is 70.0 Å². The van der Waals surface area contributed by atoms with Crippen molar-refractivity contribution in [1.29, 1.82) is 0 Å². The van der Waals surface area contributed by atoms with Crippen molar-refractivity contribution < 1.29 is 4.74 Å². The molecule has 2 heterocycles. The highest BCUT2D eigenvalue weighted by molar-refractivity contribution is 7.71. The van der Waals surface area contributed by atoms with Gasteiger partial charge in [0.25, 0.3) is 0 Å². The van der Waals surface area contributed by atoms with E-state index in [4.69, 9.17) is 33.7 Å². The molecule has 1 aliphatic heterocycles. The Balaban J connectivity index is 1.62. The Morgan fingerprint density at radius 1 is 1.14 bits per heavy atom. The molecule has 4 rings (SSSR count). The summed E-state index contributed by atoms with van der Waals surface area (Å²) >= 11 is 12.1. The number of benzene rings is 2. The maximum Gasteiger partial charge on any atom is 0.199 e. The van der Waals surface area contributed by atoms with Crippen LogP contribution in [0.1, 0.15) is 25.5 Å². The molecular formula is C22H25ClN4OS. The maximum atomic E-state index is 6.42. The highest BCUT2D eigenvalue weighted by Crippen LogP contribution is 2.34. The van der Waals surface area contributed by atoms with Gasteiger partial charge in [0.2, 0.25) is 0 Å². The third kappa shape index (κ3) is 4.03. The molecule has 1 saturated heterocycles. The molecule has 1 fully saturated rings. The average Bonchev–Trinajstić information content (AvgIpc) is 2.99. The molecule has 0 spiro atoms. The standard InChI is InChI=1S/C22H25ClN4OS/c1-22(2)14-28-19(17-11-7-8-12-18(17)23)13-26(22)15-27-21(29)25(3)20(24-27)16-9-5-4-6-10-16/h4-12,19H,13-15H2,1-3H3/t19-/m0/s1. The summed E-state index contributed by atoms with van der Waals surface area (Å²) in [5.74, 6) is 0.865. The van der Waals surface area contributed by atoms with Gasteiger partial charge in [-0.15, -0.1) is 0 Å². The van der Waals surface area contributed by atoms with Crippen LogP contribution in [0.5, 0.6) is 0 Å². The zero-order valence-corrected chi connectivity index (χ0v) is 18.5. The van der Waals surface area contributed by atoms with Crippen molar-refractivity contribution in [2.45, 2.75) is 32.2 Å². The van der Waals surface area contributed by atoms with Crippen LogP contribution in [0.2, 0.25) is 5.02 Å². The van der Waals surface area contributed by atoms with E-state index in [-0.39, 0.29) is 11.6 Å². The molecule has 2 aromatic carbocycles. The molecule has 0 bridgehead atoms. The van der Waals surface area contributed by atoms with Gasteiger partial charge in [0.15, 0.2) is 10.6 Å². The quantitative estimate of drug-likeness (QED) is 0.543. The van der Waals surface area contributed by atoms with Crippen LogP contribution < -0.4 is 0 Å². The van der Waals surface area contributed by atoms with Gasteiger partial charge in [-0.05, 0) is 32.1 Å². The normalized spacial score (nSPS) is 19.4. The van der Waals surface area contributed by atoms with E-state index in [0.29, 0.717) is 18.0 Å². The highest BCUT2D eigenvalue weighted by atomic mass is 35.5. The largest absolute Gasteiger partial charge is 0.370 e. The summed E-state index contributed by atoms with van der Waals surface area (Å²) in [6, 6.07) is 18.0. The molecule has 0 unspecified atom stereocenters. The number of rotatable bonds is 4. The lowest BCUT2D eigenvalue weighted by Gasteiger charge is -2.45. The van der Waals surface area contributed by atoms with Gasteiger partial charge in [-0.3, -0.25) is 4.90 Å². The number of halogens is 1. The van der Waals surface area contributed by atoms with Crippen LogP contribution in [-0.2, 0) is 18.5 Å². The summed E-state index contributed by atoms with van der Waals surface area (Å²) in [4.78, 5) is 2.36. The van der Waals surface area contributed by atoms with Gasteiger partial charge < -0.3 is 9.30 Å². The zero-order valence-electron chi connectivity index (χ0n) is 16.9. The molecule has 7 heteroatoms. The number of hydrogen-bond acceptors (Lipinski definition) is 4. The number of hydrogen-bond donors (Lipinski definition) is 0. The van der Waals surface area contributed by atoms with Gasteiger partial charge in [0, 0.05) is 35.3 Å². The first-order valence-corrected chi connectivity index (χ1v) is 10.5. The van der Waals surface area contributed by atoms with E-state index >= 15 is 0 Å². The van der Waals surface area contributed by atoms with E-state index in [1.165, 1.54) is 0 Å². The molecule has 0 saturated carbocycles. The van der Waals surface area contributed by atoms with Crippen molar-refractivity contribution in [2.75, 3.05) is 13.2 Å². The zero-order chi connectivity index (χ0) is 20.6. The summed E-state index contributed by atoms with van der Waals surface area (Å²) in [6.45, 7) is 6.28. The molecule has 29 heavy (non-hydrogen) atoms. The van der Waals surface area contributed by atoms with E-state index in [9.17, 15) is 0 Å². The van der Waals surface area contributed by atoms with Crippen LogP contribution in [0.3, 0.4) is 0 Å². The second-order valence-electron chi connectivity index (χ2n) is 8.03. The SMILES string of the molecule is Cn1c(-c2ccccc2)nn(CN2C[C@@H](c3ccccc3Cl)OCC2(C)C)c1=S. The van der Waals surface area contributed by atoms with Gasteiger partial charge in [-0.2, -0.15) is 5.10 Å². The Morgan fingerprint density at radius 3 is 2.55 bits per heavy atom. The number of ether oxygens (including phenoxy) is 1. The van der Waals surface area contributed by atoms with Crippen LogP contribution in [0.4, 0.5) is 0 Å². The number of nitrogens with zero attached hydrogens (tertiary/aromatic N) is 4. The minimum absolute atomic E-state index is 0.0804. The fourth-order valence-corrected chi connectivity index (χ4v) is 4.09. The topological polar surface area (TPSA) is 35.2 Å². The molecular weight excluding hydrogens is 404 g/mol. The molecule has 0 N–H and O–H groups in total. The monoisotopic (exact) mass is 428 g/mol. The summed E-state index contributed by atoms with van der Waals surface area (Å²) in [5.41, 5.74) is 1.93. The summed E-state index contributed by atoms with van der Waals surface area (Å²) in [6.07, 6.45) is -0.0804.